The Morgan fingerprint density at radius 2 is 1.85 bits per heavy atom. The molecule has 4 N–H and O–H groups in total. The molecule has 1 aromatic carbocycles. The predicted octanol–water partition coefficient (Wildman–Crippen LogP) is 0.738. The van der Waals surface area contributed by atoms with Crippen LogP contribution in [-0.2, 0) is 6.42 Å². The molecule has 0 spiro atoms. The summed E-state index contributed by atoms with van der Waals surface area (Å²) < 4.78 is 25.9. The minimum atomic E-state index is -0.647. The van der Waals surface area contributed by atoms with Crippen LogP contribution in [0.5, 0.6) is 0 Å². The van der Waals surface area contributed by atoms with Gasteiger partial charge in [0.1, 0.15) is 17.5 Å². The van der Waals surface area contributed by atoms with Crippen molar-refractivity contribution in [2.45, 2.75) is 6.42 Å². The van der Waals surface area contributed by atoms with Crippen LogP contribution in [0, 0.1) is 11.6 Å². The fourth-order valence-electron chi connectivity index (χ4n) is 0.928. The first-order valence-electron chi connectivity index (χ1n) is 3.60. The highest BCUT2D eigenvalue weighted by Gasteiger charge is 2.09. The summed E-state index contributed by atoms with van der Waals surface area (Å²) >= 11 is 0. The Bertz CT molecular complexity index is 316. The number of nitrogens with two attached hydrogens (primary N) is 2. The number of amidine groups is 1. The Morgan fingerprint density at radius 3 is 2.31 bits per heavy atom. The van der Waals surface area contributed by atoms with E-state index in [1.165, 1.54) is 6.07 Å². The van der Waals surface area contributed by atoms with Crippen molar-refractivity contribution in [3.05, 3.63) is 35.4 Å². The Kier molecular flexibility index (Phi) is 2.79. The van der Waals surface area contributed by atoms with Gasteiger partial charge in [-0.25, -0.2) is 8.78 Å². The van der Waals surface area contributed by atoms with Gasteiger partial charge in [-0.3, -0.25) is 0 Å². The highest BCUT2D eigenvalue weighted by molar-refractivity contribution is 5.82. The second kappa shape index (κ2) is 3.84. The van der Waals surface area contributed by atoms with Gasteiger partial charge < -0.3 is 11.6 Å². The maximum absolute atomic E-state index is 13.0. The number of benzene rings is 1. The average Bonchev–Trinajstić information content (AvgIpc) is 2.11. The molecule has 1 rings (SSSR count). The zero-order valence-electron chi connectivity index (χ0n) is 6.80. The second-order valence-corrected chi connectivity index (χ2v) is 2.50. The molecule has 0 saturated heterocycles. The summed E-state index contributed by atoms with van der Waals surface area (Å²) in [6.45, 7) is 0. The Morgan fingerprint density at radius 1 is 1.31 bits per heavy atom. The number of hydrogen-bond donors (Lipinski definition) is 2. The molecule has 0 unspecified atom stereocenters. The summed E-state index contributed by atoms with van der Waals surface area (Å²) in [7, 11) is 0. The monoisotopic (exact) mass is 185 g/mol. The lowest BCUT2D eigenvalue weighted by Gasteiger charge is -2.02. The first-order valence-corrected chi connectivity index (χ1v) is 3.60. The molecule has 0 atom stereocenters. The molecule has 13 heavy (non-hydrogen) atoms. The van der Waals surface area contributed by atoms with Crippen LogP contribution >= 0.6 is 0 Å². The van der Waals surface area contributed by atoms with E-state index in [0.717, 1.165) is 12.1 Å². The van der Waals surface area contributed by atoms with E-state index in [9.17, 15) is 8.78 Å². The third-order valence-electron chi connectivity index (χ3n) is 1.59. The standard InChI is InChI=1S/C8H9F2N3/c9-6-2-1-3-7(10)5(6)4-8(11)13-12/h1-3H,4,12H2,(H2,11,13). The Labute approximate surface area is 74.0 Å². The van der Waals surface area contributed by atoms with E-state index >= 15 is 0 Å². The summed E-state index contributed by atoms with van der Waals surface area (Å²) in [5.74, 6) is 3.53. The maximum Gasteiger partial charge on any atom is 0.129 e. The quantitative estimate of drug-likeness (QED) is 0.309. The van der Waals surface area contributed by atoms with Crippen LogP contribution in [-0.4, -0.2) is 5.84 Å². The molecule has 0 aromatic heterocycles. The first kappa shape index (κ1) is 9.44. The van der Waals surface area contributed by atoms with E-state index in [2.05, 4.69) is 5.10 Å². The van der Waals surface area contributed by atoms with E-state index in [4.69, 9.17) is 11.6 Å². The predicted molar refractivity (Wildman–Crippen MR) is 45.9 cm³/mol. The number of rotatable bonds is 2. The van der Waals surface area contributed by atoms with Crippen LogP contribution in [0.2, 0.25) is 0 Å². The van der Waals surface area contributed by atoms with Gasteiger partial charge in [-0.05, 0) is 12.1 Å². The molecular weight excluding hydrogens is 176 g/mol. The summed E-state index contributed by atoms with van der Waals surface area (Å²) in [6.07, 6.45) is -0.116. The second-order valence-electron chi connectivity index (χ2n) is 2.50. The molecule has 0 saturated carbocycles. The van der Waals surface area contributed by atoms with Gasteiger partial charge in [-0.1, -0.05) is 6.07 Å². The van der Waals surface area contributed by atoms with Gasteiger partial charge in [0.05, 0.1) is 0 Å². The van der Waals surface area contributed by atoms with Crippen LogP contribution < -0.4 is 11.6 Å². The lowest BCUT2D eigenvalue weighted by atomic mass is 10.1. The Balaban J connectivity index is 3.00. The zero-order chi connectivity index (χ0) is 9.84. The molecule has 0 aliphatic carbocycles. The van der Waals surface area contributed by atoms with Gasteiger partial charge in [0.15, 0.2) is 0 Å². The summed E-state index contributed by atoms with van der Waals surface area (Å²) in [5.41, 5.74) is 5.12. The number of hydrazone groups is 1. The van der Waals surface area contributed by atoms with Crippen molar-refractivity contribution in [3.8, 4) is 0 Å². The molecule has 0 radical (unpaired) electrons. The highest BCUT2D eigenvalue weighted by Crippen LogP contribution is 2.12. The fourth-order valence-corrected chi connectivity index (χ4v) is 0.928. The topological polar surface area (TPSA) is 64.4 Å². The van der Waals surface area contributed by atoms with Crippen molar-refractivity contribution in [3.63, 3.8) is 0 Å². The molecule has 0 aliphatic rings. The van der Waals surface area contributed by atoms with Crippen molar-refractivity contribution in [2.75, 3.05) is 0 Å². The summed E-state index contributed by atoms with van der Waals surface area (Å²) in [4.78, 5) is 0. The first-order chi connectivity index (χ1) is 6.15. The van der Waals surface area contributed by atoms with Gasteiger partial charge in [-0.15, -0.1) is 0 Å². The largest absolute Gasteiger partial charge is 0.385 e. The van der Waals surface area contributed by atoms with Crippen molar-refractivity contribution >= 4 is 5.84 Å². The number of halogens is 2. The highest BCUT2D eigenvalue weighted by atomic mass is 19.1. The SMILES string of the molecule is N/N=C(/N)Cc1c(F)cccc1F. The molecule has 1 aromatic rings. The molecule has 70 valence electrons. The average molecular weight is 185 g/mol. The van der Waals surface area contributed by atoms with Crippen LogP contribution in [0.1, 0.15) is 5.56 Å². The van der Waals surface area contributed by atoms with Crippen molar-refractivity contribution < 1.29 is 8.78 Å². The lowest BCUT2D eigenvalue weighted by molar-refractivity contribution is 0.564. The van der Waals surface area contributed by atoms with E-state index in [0.29, 0.717) is 0 Å². The zero-order valence-corrected chi connectivity index (χ0v) is 6.80. The maximum atomic E-state index is 13.0. The van der Waals surface area contributed by atoms with Gasteiger partial charge >= 0.3 is 0 Å². The minimum Gasteiger partial charge on any atom is -0.385 e. The van der Waals surface area contributed by atoms with Crippen molar-refractivity contribution in [2.24, 2.45) is 16.7 Å². The smallest absolute Gasteiger partial charge is 0.129 e. The Hall–Kier alpha value is -1.65. The molecule has 0 bridgehead atoms. The van der Waals surface area contributed by atoms with Gasteiger partial charge in [0, 0.05) is 12.0 Å². The molecule has 0 amide bonds. The van der Waals surface area contributed by atoms with E-state index in [1.807, 2.05) is 0 Å². The molecule has 0 aliphatic heterocycles. The molecular formula is C8H9F2N3. The number of nitrogens with zero attached hydrogens (tertiary/aromatic N) is 1. The molecule has 0 fully saturated rings. The van der Waals surface area contributed by atoms with Crippen LogP contribution in [0.15, 0.2) is 23.3 Å². The van der Waals surface area contributed by atoms with Gasteiger partial charge in [-0.2, -0.15) is 5.10 Å². The van der Waals surface area contributed by atoms with Crippen LogP contribution in [0.3, 0.4) is 0 Å². The normalized spacial score (nSPS) is 11.7. The van der Waals surface area contributed by atoms with Crippen molar-refractivity contribution in [1.29, 1.82) is 0 Å². The van der Waals surface area contributed by atoms with Gasteiger partial charge in [0.25, 0.3) is 0 Å². The van der Waals surface area contributed by atoms with E-state index in [-0.39, 0.29) is 17.8 Å². The van der Waals surface area contributed by atoms with Crippen molar-refractivity contribution in [1.82, 2.24) is 0 Å². The molecule has 5 heteroatoms. The van der Waals surface area contributed by atoms with E-state index in [1.54, 1.807) is 0 Å². The lowest BCUT2D eigenvalue weighted by Crippen LogP contribution is -2.18. The van der Waals surface area contributed by atoms with Crippen LogP contribution in [0.25, 0.3) is 0 Å². The summed E-state index contributed by atoms with van der Waals surface area (Å²) in [5, 5.41) is 3.13. The third-order valence-corrected chi connectivity index (χ3v) is 1.59. The third kappa shape index (κ3) is 2.14. The van der Waals surface area contributed by atoms with Gasteiger partial charge in [0.2, 0.25) is 0 Å². The molecule has 0 heterocycles. The summed E-state index contributed by atoms with van der Waals surface area (Å²) in [6, 6.07) is 3.59. The fraction of sp³-hybridized carbons (Fsp3) is 0.125. The minimum absolute atomic E-state index is 0.0102. The number of hydrogen-bond acceptors (Lipinski definition) is 2. The molecule has 3 nitrogen and oxygen atoms in total. The van der Waals surface area contributed by atoms with Crippen LogP contribution in [0.4, 0.5) is 8.78 Å². The van der Waals surface area contributed by atoms with E-state index < -0.39 is 11.6 Å².